The zero-order valence-corrected chi connectivity index (χ0v) is 44.5. The number of hydrogen-bond acceptors (Lipinski definition) is 6. The molecular weight excluding hydrogens is 817 g/mol. The van der Waals surface area contributed by atoms with Gasteiger partial charge in [0.25, 0.3) is 0 Å². The molecule has 0 spiro atoms. The topological polar surface area (TPSA) is 78.9 Å². The Balaban J connectivity index is 4.15. The van der Waals surface area contributed by atoms with E-state index in [0.29, 0.717) is 19.3 Å². The molecule has 1 unspecified atom stereocenters. The van der Waals surface area contributed by atoms with E-state index in [2.05, 4.69) is 45.1 Å². The first-order valence-electron chi connectivity index (χ1n) is 29.3. The molecule has 0 N–H and O–H groups in total. The Bertz CT molecular complexity index is 1070. The predicted octanol–water partition coefficient (Wildman–Crippen LogP) is 19.5. The Morgan fingerprint density at radius 1 is 0.303 bits per heavy atom. The smallest absolute Gasteiger partial charge is 0.306 e. The molecule has 0 amide bonds. The highest BCUT2D eigenvalue weighted by Crippen LogP contribution is 2.17. The largest absolute Gasteiger partial charge is 0.462 e. The van der Waals surface area contributed by atoms with Crippen molar-refractivity contribution in [2.75, 3.05) is 13.2 Å². The van der Waals surface area contributed by atoms with Crippen LogP contribution >= 0.6 is 0 Å². The minimum Gasteiger partial charge on any atom is -0.462 e. The molecule has 1 atom stereocenters. The maximum absolute atomic E-state index is 12.8. The maximum Gasteiger partial charge on any atom is 0.306 e. The van der Waals surface area contributed by atoms with E-state index in [0.717, 1.165) is 64.2 Å². The van der Waals surface area contributed by atoms with Crippen LogP contribution in [0.5, 0.6) is 0 Å². The summed E-state index contributed by atoms with van der Waals surface area (Å²) in [6.45, 7) is 6.63. The first-order chi connectivity index (χ1) is 32.5. The predicted molar refractivity (Wildman–Crippen MR) is 284 cm³/mol. The second-order valence-corrected chi connectivity index (χ2v) is 19.9. The van der Waals surface area contributed by atoms with Gasteiger partial charge in [-0.1, -0.05) is 276 Å². The van der Waals surface area contributed by atoms with E-state index >= 15 is 0 Å². The summed E-state index contributed by atoms with van der Waals surface area (Å²) < 4.78 is 16.8. The lowest BCUT2D eigenvalue weighted by atomic mass is 10.0. The van der Waals surface area contributed by atoms with Gasteiger partial charge in [0.15, 0.2) is 6.10 Å². The van der Waals surface area contributed by atoms with E-state index in [-0.39, 0.29) is 31.1 Å². The van der Waals surface area contributed by atoms with Crippen LogP contribution < -0.4 is 0 Å². The minimum atomic E-state index is -0.766. The number of esters is 3. The Hall–Kier alpha value is -2.11. The van der Waals surface area contributed by atoms with E-state index in [4.69, 9.17) is 14.2 Å². The van der Waals surface area contributed by atoms with Crippen LogP contribution in [0.2, 0.25) is 0 Å². The molecule has 0 aliphatic rings. The van der Waals surface area contributed by atoms with Gasteiger partial charge in [-0.05, 0) is 51.4 Å². The molecule has 0 saturated carbocycles. The quantitative estimate of drug-likeness (QED) is 0.0262. The molecule has 0 saturated heterocycles. The Morgan fingerprint density at radius 2 is 0.545 bits per heavy atom. The number of allylic oxidation sites excluding steroid dienone is 4. The van der Waals surface area contributed by atoms with Crippen molar-refractivity contribution in [3.8, 4) is 0 Å². The number of hydrogen-bond donors (Lipinski definition) is 0. The molecule has 0 fully saturated rings. The van der Waals surface area contributed by atoms with Crippen molar-refractivity contribution in [1.82, 2.24) is 0 Å². The highest BCUT2D eigenvalue weighted by molar-refractivity contribution is 5.71. The average molecular weight is 930 g/mol. The summed E-state index contributed by atoms with van der Waals surface area (Å²) in [6.07, 6.45) is 64.8. The van der Waals surface area contributed by atoms with Crippen molar-refractivity contribution in [2.24, 2.45) is 0 Å². The minimum absolute atomic E-state index is 0.0682. The normalized spacial score (nSPS) is 12.1. The number of carbonyl (C=O) groups excluding carboxylic acids is 3. The molecule has 388 valence electrons. The summed E-state index contributed by atoms with van der Waals surface area (Å²) in [5, 5.41) is 0. The van der Waals surface area contributed by atoms with Crippen LogP contribution in [0.1, 0.15) is 323 Å². The number of ether oxygens (including phenoxy) is 3. The second kappa shape index (κ2) is 55.5. The molecule has 0 radical (unpaired) electrons. The average Bonchev–Trinajstić information content (AvgIpc) is 3.31. The molecule has 6 heteroatoms. The van der Waals surface area contributed by atoms with Crippen LogP contribution in [0.15, 0.2) is 24.3 Å². The van der Waals surface area contributed by atoms with Crippen molar-refractivity contribution >= 4 is 17.9 Å². The van der Waals surface area contributed by atoms with Gasteiger partial charge in [-0.15, -0.1) is 0 Å². The van der Waals surface area contributed by atoms with Gasteiger partial charge < -0.3 is 14.2 Å². The Morgan fingerprint density at radius 3 is 0.833 bits per heavy atom. The van der Waals surface area contributed by atoms with Crippen molar-refractivity contribution in [1.29, 1.82) is 0 Å². The summed E-state index contributed by atoms with van der Waals surface area (Å²) in [6, 6.07) is 0. The van der Waals surface area contributed by atoms with E-state index in [9.17, 15) is 14.4 Å². The van der Waals surface area contributed by atoms with Gasteiger partial charge in [-0.3, -0.25) is 14.4 Å². The van der Waals surface area contributed by atoms with Gasteiger partial charge in [0.2, 0.25) is 0 Å². The lowest BCUT2D eigenvalue weighted by Crippen LogP contribution is -2.30. The van der Waals surface area contributed by atoms with Gasteiger partial charge in [-0.2, -0.15) is 0 Å². The SMILES string of the molecule is CCCCCCC/C=C\C/C=C\CCCCCCCCCCCC(=O)OCC(COC(=O)CCCCCCCCC)OC(=O)CCCCCCCCCCCCCCCCCCCCCC. The molecule has 0 aliphatic heterocycles. The van der Waals surface area contributed by atoms with Crippen molar-refractivity contribution in [2.45, 2.75) is 329 Å². The summed E-state index contributed by atoms with van der Waals surface area (Å²) in [4.78, 5) is 38.0. The third kappa shape index (κ3) is 52.9. The molecule has 6 nitrogen and oxygen atoms in total. The summed E-state index contributed by atoms with van der Waals surface area (Å²) in [7, 11) is 0. The standard InChI is InChI=1S/C60H112O6/c1-4-7-10-13-16-18-20-22-24-26-28-30-32-33-35-37-39-41-44-47-50-53-59(62)65-56-57(55-64-58(61)52-49-46-43-15-12-9-6-3)66-60(63)54-51-48-45-42-40-38-36-34-31-29-27-25-23-21-19-17-14-11-8-5-2/h20,22,26,28,57H,4-19,21,23-25,27,29-56H2,1-3H3/b22-20-,28-26-. The van der Waals surface area contributed by atoms with E-state index in [1.807, 2.05) is 0 Å². The molecule has 0 aromatic heterocycles. The van der Waals surface area contributed by atoms with Crippen molar-refractivity contribution < 1.29 is 28.6 Å². The molecule has 0 rings (SSSR count). The van der Waals surface area contributed by atoms with Gasteiger partial charge in [-0.25, -0.2) is 0 Å². The van der Waals surface area contributed by atoms with E-state index in [1.54, 1.807) is 0 Å². The maximum atomic E-state index is 12.8. The highest BCUT2D eigenvalue weighted by atomic mass is 16.6. The van der Waals surface area contributed by atoms with Crippen LogP contribution in [0.3, 0.4) is 0 Å². The molecule has 0 heterocycles. The molecule has 0 aromatic carbocycles. The Labute approximate surface area is 411 Å². The fourth-order valence-electron chi connectivity index (χ4n) is 8.77. The highest BCUT2D eigenvalue weighted by Gasteiger charge is 2.19. The summed E-state index contributed by atoms with van der Waals surface area (Å²) >= 11 is 0. The summed E-state index contributed by atoms with van der Waals surface area (Å²) in [5.74, 6) is -0.859. The van der Waals surface area contributed by atoms with Crippen molar-refractivity contribution in [3.63, 3.8) is 0 Å². The van der Waals surface area contributed by atoms with E-state index in [1.165, 1.54) is 218 Å². The molecule has 66 heavy (non-hydrogen) atoms. The van der Waals surface area contributed by atoms with Gasteiger partial charge in [0.05, 0.1) is 0 Å². The van der Waals surface area contributed by atoms with Crippen LogP contribution in [0, 0.1) is 0 Å². The third-order valence-corrected chi connectivity index (χ3v) is 13.2. The fourth-order valence-corrected chi connectivity index (χ4v) is 8.77. The second-order valence-electron chi connectivity index (χ2n) is 19.9. The molecule has 0 aromatic rings. The van der Waals surface area contributed by atoms with Crippen LogP contribution in [-0.4, -0.2) is 37.2 Å². The lowest BCUT2D eigenvalue weighted by Gasteiger charge is -2.18. The van der Waals surface area contributed by atoms with Gasteiger partial charge in [0, 0.05) is 19.3 Å². The van der Waals surface area contributed by atoms with E-state index < -0.39 is 6.10 Å². The fraction of sp³-hybridized carbons (Fsp3) is 0.883. The van der Waals surface area contributed by atoms with Crippen LogP contribution in [0.25, 0.3) is 0 Å². The monoisotopic (exact) mass is 929 g/mol. The van der Waals surface area contributed by atoms with Crippen LogP contribution in [-0.2, 0) is 28.6 Å². The Kier molecular flexibility index (Phi) is 53.7. The number of carbonyl (C=O) groups is 3. The van der Waals surface area contributed by atoms with Gasteiger partial charge in [0.1, 0.15) is 13.2 Å². The first kappa shape index (κ1) is 63.9. The summed E-state index contributed by atoms with van der Waals surface area (Å²) in [5.41, 5.74) is 0. The van der Waals surface area contributed by atoms with Gasteiger partial charge >= 0.3 is 17.9 Å². The molecular formula is C60H112O6. The lowest BCUT2D eigenvalue weighted by molar-refractivity contribution is -0.167. The zero-order chi connectivity index (χ0) is 47.9. The van der Waals surface area contributed by atoms with Crippen molar-refractivity contribution in [3.05, 3.63) is 24.3 Å². The number of unbranched alkanes of at least 4 members (excludes halogenated alkanes) is 39. The van der Waals surface area contributed by atoms with Crippen LogP contribution in [0.4, 0.5) is 0 Å². The zero-order valence-electron chi connectivity index (χ0n) is 44.5. The first-order valence-corrected chi connectivity index (χ1v) is 29.3. The third-order valence-electron chi connectivity index (χ3n) is 13.2. The molecule has 0 aliphatic carbocycles. The number of rotatable bonds is 54. The molecule has 0 bridgehead atoms.